The van der Waals surface area contributed by atoms with E-state index in [0.29, 0.717) is 24.3 Å². The molecule has 1 aliphatic rings. The summed E-state index contributed by atoms with van der Waals surface area (Å²) in [6.45, 7) is 2.79. The Morgan fingerprint density at radius 1 is 1.07 bits per heavy atom. The third-order valence-corrected chi connectivity index (χ3v) is 4.81. The van der Waals surface area contributed by atoms with E-state index in [1.807, 2.05) is 4.90 Å². The first-order valence-electron chi connectivity index (χ1n) is 9.02. The summed E-state index contributed by atoms with van der Waals surface area (Å²) in [4.78, 5) is 35.5. The van der Waals surface area contributed by atoms with Crippen molar-refractivity contribution in [3.8, 4) is 0 Å². The fourth-order valence-corrected chi connectivity index (χ4v) is 3.24. The van der Waals surface area contributed by atoms with Crippen LogP contribution < -0.4 is 15.5 Å². The largest absolute Gasteiger partial charge is 0.363 e. The number of nitrogens with zero attached hydrogens (tertiary/aromatic N) is 3. The van der Waals surface area contributed by atoms with Gasteiger partial charge < -0.3 is 15.5 Å². The number of nitro benzene ring substituents is 2. The fraction of sp³-hybridized carbons (Fsp3) is 0.211. The minimum absolute atomic E-state index is 0.00140. The minimum Gasteiger partial charge on any atom is -0.363 e. The summed E-state index contributed by atoms with van der Waals surface area (Å²) in [5.41, 5.74) is 0.840. The first-order chi connectivity index (χ1) is 14.3. The van der Waals surface area contributed by atoms with E-state index >= 15 is 0 Å². The number of nitrogens with one attached hydrogen (secondary N) is 2. The molecule has 0 atom stereocenters. The first kappa shape index (κ1) is 21.2. The molecule has 0 aliphatic carbocycles. The summed E-state index contributed by atoms with van der Waals surface area (Å²) in [6, 6.07) is 8.69. The average Bonchev–Trinajstić information content (AvgIpc) is 2.73. The molecule has 3 rings (SSSR count). The molecule has 2 aromatic rings. The smallest absolute Gasteiger partial charge is 0.294 e. The maximum atomic E-state index is 12.2. The van der Waals surface area contributed by atoms with Crippen molar-refractivity contribution in [1.82, 2.24) is 5.32 Å². The van der Waals surface area contributed by atoms with Crippen LogP contribution in [-0.2, 0) is 4.79 Å². The van der Waals surface area contributed by atoms with Gasteiger partial charge in [-0.15, -0.1) is 0 Å². The molecule has 0 aromatic heterocycles. The van der Waals surface area contributed by atoms with Gasteiger partial charge in [0.2, 0.25) is 5.91 Å². The Morgan fingerprint density at radius 3 is 2.43 bits per heavy atom. The fourth-order valence-electron chi connectivity index (χ4n) is 3.05. The van der Waals surface area contributed by atoms with E-state index in [9.17, 15) is 25.0 Å². The molecule has 0 saturated carbocycles. The van der Waals surface area contributed by atoms with Crippen molar-refractivity contribution < 1.29 is 14.6 Å². The van der Waals surface area contributed by atoms with Crippen LogP contribution in [0.25, 0.3) is 6.08 Å². The quantitative estimate of drug-likeness (QED) is 0.407. The number of benzene rings is 2. The summed E-state index contributed by atoms with van der Waals surface area (Å²) >= 11 is 5.76. The molecule has 0 radical (unpaired) electrons. The van der Waals surface area contributed by atoms with E-state index in [0.717, 1.165) is 13.1 Å². The third kappa shape index (κ3) is 5.10. The van der Waals surface area contributed by atoms with Crippen molar-refractivity contribution in [1.29, 1.82) is 0 Å². The van der Waals surface area contributed by atoms with E-state index in [1.54, 1.807) is 12.1 Å². The summed E-state index contributed by atoms with van der Waals surface area (Å²) in [5.74, 6) is -0.531. The van der Waals surface area contributed by atoms with Gasteiger partial charge in [0, 0.05) is 50.1 Å². The number of piperazine rings is 1. The normalized spacial score (nSPS) is 14.0. The van der Waals surface area contributed by atoms with Crippen LogP contribution in [0.1, 0.15) is 5.56 Å². The monoisotopic (exact) mass is 431 g/mol. The van der Waals surface area contributed by atoms with Crippen molar-refractivity contribution in [2.45, 2.75) is 0 Å². The van der Waals surface area contributed by atoms with E-state index in [4.69, 9.17) is 11.6 Å². The van der Waals surface area contributed by atoms with Crippen LogP contribution in [0.15, 0.2) is 42.5 Å². The summed E-state index contributed by atoms with van der Waals surface area (Å²) in [5, 5.41) is 28.2. The Bertz CT molecular complexity index is 1020. The van der Waals surface area contributed by atoms with Crippen LogP contribution >= 0.6 is 11.6 Å². The lowest BCUT2D eigenvalue weighted by Crippen LogP contribution is -2.43. The highest BCUT2D eigenvalue weighted by molar-refractivity contribution is 6.32. The van der Waals surface area contributed by atoms with Gasteiger partial charge in [-0.05, 0) is 29.8 Å². The highest BCUT2D eigenvalue weighted by atomic mass is 35.5. The second kappa shape index (κ2) is 9.33. The molecular weight excluding hydrogens is 414 g/mol. The summed E-state index contributed by atoms with van der Waals surface area (Å²) in [6.07, 6.45) is 2.57. The predicted molar refractivity (Wildman–Crippen MR) is 114 cm³/mol. The molecule has 1 saturated heterocycles. The number of carbonyl (C=O) groups excluding carboxylic acids is 1. The molecule has 30 heavy (non-hydrogen) atoms. The van der Waals surface area contributed by atoms with Crippen LogP contribution in [0.4, 0.5) is 22.7 Å². The summed E-state index contributed by atoms with van der Waals surface area (Å²) in [7, 11) is 0. The third-order valence-electron chi connectivity index (χ3n) is 4.49. The zero-order chi connectivity index (χ0) is 21.7. The number of hydrogen-bond donors (Lipinski definition) is 2. The van der Waals surface area contributed by atoms with Gasteiger partial charge in [-0.1, -0.05) is 17.7 Å². The lowest BCUT2D eigenvalue weighted by atomic mass is 10.2. The van der Waals surface area contributed by atoms with Gasteiger partial charge in [0.1, 0.15) is 10.7 Å². The van der Waals surface area contributed by atoms with Crippen molar-refractivity contribution in [3.05, 3.63) is 73.3 Å². The highest BCUT2D eigenvalue weighted by Crippen LogP contribution is 2.31. The van der Waals surface area contributed by atoms with Gasteiger partial charge in [-0.25, -0.2) is 0 Å². The Labute approximate surface area is 176 Å². The van der Waals surface area contributed by atoms with E-state index in [2.05, 4.69) is 10.6 Å². The molecule has 1 heterocycles. The van der Waals surface area contributed by atoms with Gasteiger partial charge in [0.15, 0.2) is 0 Å². The van der Waals surface area contributed by atoms with Crippen molar-refractivity contribution in [3.63, 3.8) is 0 Å². The topological polar surface area (TPSA) is 131 Å². The number of rotatable bonds is 6. The van der Waals surface area contributed by atoms with Gasteiger partial charge >= 0.3 is 0 Å². The average molecular weight is 432 g/mol. The highest BCUT2D eigenvalue weighted by Gasteiger charge is 2.21. The number of anilines is 2. The minimum atomic E-state index is -0.612. The number of halogens is 1. The number of carbonyl (C=O) groups is 1. The maximum Gasteiger partial charge on any atom is 0.294 e. The molecule has 10 nitrogen and oxygen atoms in total. The SMILES string of the molecule is O=C(/C=C/c1ccc(Cl)c([N+](=O)[O-])c1)Nc1ccc(N2CCNCC2)c([N+](=O)[O-])c1. The van der Waals surface area contributed by atoms with Gasteiger partial charge in [0.25, 0.3) is 11.4 Å². The molecule has 1 amide bonds. The second-order valence-electron chi connectivity index (χ2n) is 6.49. The van der Waals surface area contributed by atoms with Crippen molar-refractivity contribution >= 4 is 46.3 Å². The molecule has 2 aromatic carbocycles. The van der Waals surface area contributed by atoms with E-state index in [1.165, 1.54) is 36.4 Å². The Balaban J connectivity index is 1.74. The number of hydrogen-bond acceptors (Lipinski definition) is 7. The second-order valence-corrected chi connectivity index (χ2v) is 6.90. The molecule has 1 fully saturated rings. The van der Waals surface area contributed by atoms with Crippen LogP contribution in [0.5, 0.6) is 0 Å². The zero-order valence-electron chi connectivity index (χ0n) is 15.7. The molecule has 0 spiro atoms. The molecule has 0 bridgehead atoms. The molecular formula is C19H18ClN5O5. The first-order valence-corrected chi connectivity index (χ1v) is 9.40. The van der Waals surface area contributed by atoms with Crippen LogP contribution in [0.3, 0.4) is 0 Å². The predicted octanol–water partition coefficient (Wildman–Crippen LogP) is 3.22. The molecule has 2 N–H and O–H groups in total. The van der Waals surface area contributed by atoms with Gasteiger partial charge in [-0.2, -0.15) is 0 Å². The van der Waals surface area contributed by atoms with Crippen LogP contribution in [0.2, 0.25) is 5.02 Å². The molecule has 1 aliphatic heterocycles. The Kier molecular flexibility index (Phi) is 6.60. The van der Waals surface area contributed by atoms with Gasteiger partial charge in [-0.3, -0.25) is 25.0 Å². The lowest BCUT2D eigenvalue weighted by molar-refractivity contribution is -0.384. The maximum absolute atomic E-state index is 12.2. The lowest BCUT2D eigenvalue weighted by Gasteiger charge is -2.29. The van der Waals surface area contributed by atoms with E-state index < -0.39 is 15.8 Å². The Morgan fingerprint density at radius 2 is 1.77 bits per heavy atom. The summed E-state index contributed by atoms with van der Waals surface area (Å²) < 4.78 is 0. The van der Waals surface area contributed by atoms with Crippen molar-refractivity contribution in [2.75, 3.05) is 36.4 Å². The van der Waals surface area contributed by atoms with Crippen molar-refractivity contribution in [2.24, 2.45) is 0 Å². The van der Waals surface area contributed by atoms with Crippen LogP contribution in [0, 0.1) is 20.2 Å². The number of amides is 1. The zero-order valence-corrected chi connectivity index (χ0v) is 16.5. The molecule has 11 heteroatoms. The molecule has 0 unspecified atom stereocenters. The van der Waals surface area contributed by atoms with Crippen LogP contribution in [-0.4, -0.2) is 41.9 Å². The van der Waals surface area contributed by atoms with Gasteiger partial charge in [0.05, 0.1) is 9.85 Å². The number of nitro groups is 2. The Hall–Kier alpha value is -3.50. The standard InChI is InChI=1S/C19H18ClN5O5/c20-15-4-1-13(11-17(15)24(27)28)2-6-19(26)22-14-3-5-16(18(12-14)25(29)30)23-9-7-21-8-10-23/h1-6,11-12,21H,7-10H2,(H,22,26)/b6-2+. The molecule has 156 valence electrons. The van der Waals surface area contributed by atoms with E-state index in [-0.39, 0.29) is 22.1 Å².